The molecule has 0 aliphatic heterocycles. The highest BCUT2D eigenvalue weighted by Gasteiger charge is 1.96. The molecule has 0 saturated heterocycles. The van der Waals surface area contributed by atoms with E-state index in [0.717, 1.165) is 6.08 Å². The van der Waals surface area contributed by atoms with Crippen molar-refractivity contribution in [3.63, 3.8) is 0 Å². The van der Waals surface area contributed by atoms with Gasteiger partial charge in [-0.25, -0.2) is 13.9 Å². The Hall–Kier alpha value is -0.930. The summed E-state index contributed by atoms with van der Waals surface area (Å²) in [4.78, 5) is 10.4. The van der Waals surface area contributed by atoms with E-state index in [-0.39, 0.29) is 13.2 Å². The van der Waals surface area contributed by atoms with Crippen LogP contribution in [0.15, 0.2) is 12.7 Å². The zero-order chi connectivity index (χ0) is 9.40. The van der Waals surface area contributed by atoms with E-state index in [4.69, 9.17) is 0 Å². The van der Waals surface area contributed by atoms with E-state index in [1.165, 1.54) is 0 Å². The number of hydrogen-bond acceptors (Lipinski definition) is 5. The predicted molar refractivity (Wildman–Crippen MR) is 40.0 cm³/mol. The maximum absolute atomic E-state index is 10.4. The monoisotopic (exact) mass is 192 g/mol. The van der Waals surface area contributed by atoms with Gasteiger partial charge in [-0.3, -0.25) is 4.52 Å². The summed E-state index contributed by atoms with van der Waals surface area (Å²) in [5.74, 6) is -0.526. The van der Waals surface area contributed by atoms with Crippen LogP contribution in [0.4, 0.5) is 0 Å². The molecule has 0 aromatic rings. The first-order valence-corrected chi connectivity index (χ1v) is 4.33. The number of ether oxygens (including phenoxy) is 1. The van der Waals surface area contributed by atoms with E-state index in [0.29, 0.717) is 6.42 Å². The van der Waals surface area contributed by atoms with Gasteiger partial charge >= 0.3 is 13.9 Å². The van der Waals surface area contributed by atoms with Crippen molar-refractivity contribution in [2.24, 2.45) is 0 Å². The van der Waals surface area contributed by atoms with Gasteiger partial charge in [0.2, 0.25) is 0 Å². The standard InChI is InChI=1S/C6H9O5P/c1-2-6(7)10-4-3-5-11-12(8)9/h2H,1,3-5H2. The maximum atomic E-state index is 10.4. The van der Waals surface area contributed by atoms with Crippen LogP contribution in [0.5, 0.6) is 0 Å². The molecule has 0 fully saturated rings. The van der Waals surface area contributed by atoms with Crippen LogP contribution in [-0.2, 0) is 23.2 Å². The van der Waals surface area contributed by atoms with Crippen LogP contribution in [0.2, 0.25) is 0 Å². The van der Waals surface area contributed by atoms with Gasteiger partial charge in [-0.05, 0) is 0 Å². The Morgan fingerprint density at radius 3 is 2.58 bits per heavy atom. The highest BCUT2D eigenvalue weighted by atomic mass is 31.1. The summed E-state index contributed by atoms with van der Waals surface area (Å²) in [5, 5.41) is 0. The van der Waals surface area contributed by atoms with Gasteiger partial charge in [0.15, 0.2) is 0 Å². The zero-order valence-corrected chi connectivity index (χ0v) is 7.29. The summed E-state index contributed by atoms with van der Waals surface area (Å²) in [6.07, 6.45) is 1.39. The summed E-state index contributed by atoms with van der Waals surface area (Å²) >= 11 is 0. The van der Waals surface area contributed by atoms with Gasteiger partial charge in [0.05, 0.1) is 13.2 Å². The molecule has 68 valence electrons. The largest absolute Gasteiger partial charge is 0.468 e. The lowest BCUT2D eigenvalue weighted by atomic mass is 10.5. The van der Waals surface area contributed by atoms with E-state index in [1.54, 1.807) is 0 Å². The molecule has 5 nitrogen and oxygen atoms in total. The molecule has 0 aromatic heterocycles. The lowest BCUT2D eigenvalue weighted by Crippen LogP contribution is -2.03. The molecule has 6 heteroatoms. The second-order valence-electron chi connectivity index (χ2n) is 1.78. The molecule has 0 amide bonds. The molecule has 0 N–H and O–H groups in total. The Balaban J connectivity index is 3.21. The molecule has 0 radical (unpaired) electrons. The van der Waals surface area contributed by atoms with Crippen LogP contribution in [0, 0.1) is 0 Å². The Labute approximate surface area is 70.3 Å². The van der Waals surface area contributed by atoms with Crippen molar-refractivity contribution in [2.45, 2.75) is 6.42 Å². The van der Waals surface area contributed by atoms with Crippen molar-refractivity contribution < 1.29 is 23.2 Å². The lowest BCUT2D eigenvalue weighted by Gasteiger charge is -1.98. The molecule has 0 atom stereocenters. The summed E-state index contributed by atoms with van der Waals surface area (Å²) < 4.78 is 28.4. The molecule has 0 aliphatic rings. The normalized spacial score (nSPS) is 9.00. The molecule has 0 aromatic carbocycles. The van der Waals surface area contributed by atoms with Crippen molar-refractivity contribution in [2.75, 3.05) is 13.2 Å². The van der Waals surface area contributed by atoms with Crippen LogP contribution in [-0.4, -0.2) is 19.2 Å². The van der Waals surface area contributed by atoms with Gasteiger partial charge < -0.3 is 4.74 Å². The third-order valence-electron chi connectivity index (χ3n) is 0.896. The maximum Gasteiger partial charge on any atom is 0.468 e. The van der Waals surface area contributed by atoms with Crippen molar-refractivity contribution in [1.82, 2.24) is 0 Å². The van der Waals surface area contributed by atoms with Crippen molar-refractivity contribution in [1.29, 1.82) is 0 Å². The van der Waals surface area contributed by atoms with E-state index in [9.17, 15) is 13.9 Å². The second-order valence-corrected chi connectivity index (χ2v) is 2.49. The zero-order valence-electron chi connectivity index (χ0n) is 6.39. The minimum absolute atomic E-state index is 0.0309. The Morgan fingerprint density at radius 1 is 1.42 bits per heavy atom. The van der Waals surface area contributed by atoms with Crippen LogP contribution >= 0.6 is 7.91 Å². The van der Waals surface area contributed by atoms with Crippen LogP contribution in [0.25, 0.3) is 0 Å². The minimum Gasteiger partial charge on any atom is -0.462 e. The molecule has 0 bridgehead atoms. The minimum atomic E-state index is -2.80. The molecule has 0 rings (SSSR count). The molecule has 0 spiro atoms. The molecule has 0 aliphatic carbocycles. The van der Waals surface area contributed by atoms with Crippen LogP contribution in [0.1, 0.15) is 6.42 Å². The van der Waals surface area contributed by atoms with Gasteiger partial charge in [0.25, 0.3) is 0 Å². The number of hydrogen-bond donors (Lipinski definition) is 0. The fourth-order valence-corrected chi connectivity index (χ4v) is 0.708. The van der Waals surface area contributed by atoms with Crippen molar-refractivity contribution in [3.05, 3.63) is 12.7 Å². The molecule has 0 saturated carbocycles. The fourth-order valence-electron chi connectivity index (χ4n) is 0.430. The second kappa shape index (κ2) is 6.76. The summed E-state index contributed by atoms with van der Waals surface area (Å²) in [6, 6.07) is 0. The first kappa shape index (κ1) is 11.1. The Bertz CT molecular complexity index is 212. The van der Waals surface area contributed by atoms with Crippen LogP contribution < -0.4 is 0 Å². The van der Waals surface area contributed by atoms with Crippen molar-refractivity contribution in [3.8, 4) is 0 Å². The van der Waals surface area contributed by atoms with Crippen molar-refractivity contribution >= 4 is 13.9 Å². The molecular weight excluding hydrogens is 183 g/mol. The van der Waals surface area contributed by atoms with E-state index < -0.39 is 13.9 Å². The quantitative estimate of drug-likeness (QED) is 0.274. The molecule has 12 heavy (non-hydrogen) atoms. The summed E-state index contributed by atoms with van der Waals surface area (Å²) in [7, 11) is -2.80. The first-order chi connectivity index (χ1) is 5.66. The van der Waals surface area contributed by atoms with Gasteiger partial charge in [0, 0.05) is 12.5 Å². The first-order valence-electron chi connectivity index (χ1n) is 3.23. The van der Waals surface area contributed by atoms with Gasteiger partial charge in [-0.1, -0.05) is 6.58 Å². The molecule has 0 heterocycles. The third kappa shape index (κ3) is 7.18. The number of carbonyl (C=O) groups is 1. The SMILES string of the molecule is C=CC(=O)OCCCOP(=O)=O. The number of esters is 1. The van der Waals surface area contributed by atoms with E-state index >= 15 is 0 Å². The lowest BCUT2D eigenvalue weighted by molar-refractivity contribution is -0.137. The highest BCUT2D eigenvalue weighted by Crippen LogP contribution is 2.04. The Morgan fingerprint density at radius 2 is 2.08 bits per heavy atom. The number of rotatable bonds is 6. The molecular formula is C6H9O5P. The predicted octanol–water partition coefficient (Wildman–Crippen LogP) is 1.21. The van der Waals surface area contributed by atoms with Gasteiger partial charge in [0.1, 0.15) is 0 Å². The van der Waals surface area contributed by atoms with Crippen LogP contribution in [0.3, 0.4) is 0 Å². The van der Waals surface area contributed by atoms with E-state index in [2.05, 4.69) is 15.8 Å². The smallest absolute Gasteiger partial charge is 0.462 e. The third-order valence-corrected chi connectivity index (χ3v) is 1.29. The summed E-state index contributed by atoms with van der Waals surface area (Å²) in [6.45, 7) is 3.35. The average Bonchev–Trinajstić information content (AvgIpc) is 2.03. The topological polar surface area (TPSA) is 69.7 Å². The van der Waals surface area contributed by atoms with E-state index in [1.807, 2.05) is 0 Å². The Kier molecular flexibility index (Phi) is 6.24. The summed E-state index contributed by atoms with van der Waals surface area (Å²) in [5.41, 5.74) is 0. The highest BCUT2D eigenvalue weighted by molar-refractivity contribution is 7.24. The molecule has 0 unspecified atom stereocenters. The fraction of sp³-hybridized carbons (Fsp3) is 0.500. The van der Waals surface area contributed by atoms with Gasteiger partial charge in [-0.15, -0.1) is 0 Å². The average molecular weight is 192 g/mol. The number of carbonyl (C=O) groups excluding carboxylic acids is 1. The van der Waals surface area contributed by atoms with Gasteiger partial charge in [-0.2, -0.15) is 0 Å².